The number of nitrogens with zero attached hydrogens (tertiary/aromatic N) is 6. The molecule has 3 aromatic heterocycles. The number of hydrogen-bond acceptors (Lipinski definition) is 4. The first kappa shape index (κ1) is 36.9. The molecule has 0 saturated heterocycles. The zero-order valence-electron chi connectivity index (χ0n) is 35.2. The summed E-state index contributed by atoms with van der Waals surface area (Å²) in [5.41, 5.74) is 19.5. The lowest BCUT2D eigenvalue weighted by Crippen LogP contribution is -2.07. The van der Waals surface area contributed by atoms with Crippen molar-refractivity contribution in [2.24, 2.45) is 0 Å². The van der Waals surface area contributed by atoms with Gasteiger partial charge in [0, 0.05) is 27.1 Å². The number of fused-ring (bicyclic) bond motifs is 6. The van der Waals surface area contributed by atoms with Gasteiger partial charge in [0.25, 0.3) is 0 Å². The van der Waals surface area contributed by atoms with Crippen LogP contribution in [0.1, 0.15) is 50.6 Å². The van der Waals surface area contributed by atoms with Gasteiger partial charge < -0.3 is 9.13 Å². The average Bonchev–Trinajstić information content (AvgIpc) is 3.71. The Kier molecular flexibility index (Phi) is 8.55. The second kappa shape index (κ2) is 13.9. The van der Waals surface area contributed by atoms with Crippen LogP contribution in [0.4, 0.5) is 0 Å². The molecule has 10 rings (SSSR count). The van der Waals surface area contributed by atoms with Gasteiger partial charge in [-0.15, -0.1) is 0 Å². The summed E-state index contributed by atoms with van der Waals surface area (Å²) in [5, 5.41) is 15.6. The minimum atomic E-state index is 0.478. The van der Waals surface area contributed by atoms with Gasteiger partial charge in [-0.25, -0.2) is 15.0 Å². The van der Waals surface area contributed by atoms with E-state index in [2.05, 4.69) is 177 Å². The minimum Gasteiger partial charge on any atom is -0.307 e. The van der Waals surface area contributed by atoms with Crippen molar-refractivity contribution in [3.8, 4) is 51.1 Å². The number of benzene rings is 7. The molecule has 6 heteroatoms. The van der Waals surface area contributed by atoms with Crippen LogP contribution in [0, 0.1) is 66.7 Å². The van der Waals surface area contributed by atoms with Crippen molar-refractivity contribution in [2.75, 3.05) is 0 Å². The third kappa shape index (κ3) is 5.80. The molecule has 0 fully saturated rings. The predicted molar refractivity (Wildman–Crippen MR) is 247 cm³/mol. The van der Waals surface area contributed by atoms with Gasteiger partial charge in [0.15, 0.2) is 5.82 Å². The molecule has 0 unspecified atom stereocenters. The summed E-state index contributed by atoms with van der Waals surface area (Å²) in [5.74, 6) is 1.69. The summed E-state index contributed by atoms with van der Waals surface area (Å²) in [7, 11) is 0. The molecule has 0 spiro atoms. The highest BCUT2D eigenvalue weighted by Gasteiger charge is 2.24. The van der Waals surface area contributed by atoms with E-state index in [1.165, 1.54) is 44.5 Å². The van der Waals surface area contributed by atoms with Crippen molar-refractivity contribution in [1.29, 1.82) is 5.26 Å². The highest BCUT2D eigenvalue weighted by atomic mass is 15.1. The van der Waals surface area contributed by atoms with E-state index in [1.54, 1.807) is 0 Å². The van der Waals surface area contributed by atoms with Crippen LogP contribution < -0.4 is 0 Å². The van der Waals surface area contributed by atoms with Crippen LogP contribution in [0.2, 0.25) is 0 Å². The maximum Gasteiger partial charge on any atom is 0.164 e. The number of aryl methyl sites for hydroxylation is 8. The lowest BCUT2D eigenvalue weighted by molar-refractivity contribution is 0.927. The van der Waals surface area contributed by atoms with E-state index >= 15 is 0 Å². The Morgan fingerprint density at radius 3 is 1.30 bits per heavy atom. The molecular formula is C54H44N6. The number of nitriles is 1. The molecule has 10 aromatic rings. The molecule has 0 saturated carbocycles. The van der Waals surface area contributed by atoms with Gasteiger partial charge in [0.1, 0.15) is 11.6 Å². The third-order valence-corrected chi connectivity index (χ3v) is 12.1. The molecule has 0 bridgehead atoms. The van der Waals surface area contributed by atoms with Crippen molar-refractivity contribution >= 4 is 43.6 Å². The largest absolute Gasteiger partial charge is 0.307 e. The van der Waals surface area contributed by atoms with E-state index in [0.717, 1.165) is 66.1 Å². The first-order valence-corrected chi connectivity index (χ1v) is 20.5. The molecule has 0 aliphatic heterocycles. The fraction of sp³-hybridized carbons (Fsp3) is 0.148. The number of aromatic nitrogens is 5. The Bertz CT molecular complexity index is 3410. The second-order valence-corrected chi connectivity index (χ2v) is 16.5. The van der Waals surface area contributed by atoms with Crippen molar-refractivity contribution < 1.29 is 0 Å². The van der Waals surface area contributed by atoms with Crippen LogP contribution >= 0.6 is 0 Å². The molecular weight excluding hydrogens is 733 g/mol. The van der Waals surface area contributed by atoms with Gasteiger partial charge in [-0.1, -0.05) is 96.1 Å². The lowest BCUT2D eigenvalue weighted by Gasteiger charge is -2.20. The minimum absolute atomic E-state index is 0.478. The topological polar surface area (TPSA) is 72.3 Å². The van der Waals surface area contributed by atoms with E-state index in [1.807, 2.05) is 19.9 Å². The molecule has 0 amide bonds. The summed E-state index contributed by atoms with van der Waals surface area (Å²) in [6, 6.07) is 46.7. The van der Waals surface area contributed by atoms with Crippen LogP contribution in [-0.2, 0) is 0 Å². The van der Waals surface area contributed by atoms with E-state index in [9.17, 15) is 5.26 Å². The van der Waals surface area contributed by atoms with Gasteiger partial charge in [-0.2, -0.15) is 5.26 Å². The van der Waals surface area contributed by atoms with Gasteiger partial charge in [-0.3, -0.25) is 0 Å². The molecule has 6 nitrogen and oxygen atoms in total. The third-order valence-electron chi connectivity index (χ3n) is 12.1. The van der Waals surface area contributed by atoms with Gasteiger partial charge in [-0.05, 0) is 136 Å². The van der Waals surface area contributed by atoms with Crippen LogP contribution in [0.15, 0.2) is 121 Å². The van der Waals surface area contributed by atoms with Crippen molar-refractivity contribution in [2.45, 2.75) is 55.4 Å². The molecule has 0 N–H and O–H groups in total. The molecule has 60 heavy (non-hydrogen) atoms. The highest BCUT2D eigenvalue weighted by Crippen LogP contribution is 2.43. The smallest absolute Gasteiger partial charge is 0.164 e. The number of hydrogen-bond donors (Lipinski definition) is 0. The summed E-state index contributed by atoms with van der Waals surface area (Å²) in [6.07, 6.45) is 0. The summed E-state index contributed by atoms with van der Waals surface area (Å²) < 4.78 is 4.74. The molecule has 0 radical (unpaired) electrons. The van der Waals surface area contributed by atoms with E-state index in [-0.39, 0.29) is 0 Å². The molecule has 3 heterocycles. The fourth-order valence-electron chi connectivity index (χ4n) is 9.99. The Balaban J connectivity index is 1.37. The predicted octanol–water partition coefficient (Wildman–Crippen LogP) is 13.4. The Morgan fingerprint density at radius 1 is 0.433 bits per heavy atom. The van der Waals surface area contributed by atoms with Crippen LogP contribution in [0.5, 0.6) is 0 Å². The van der Waals surface area contributed by atoms with E-state index < -0.39 is 0 Å². The van der Waals surface area contributed by atoms with Gasteiger partial charge in [0.05, 0.1) is 45.1 Å². The molecule has 0 atom stereocenters. The monoisotopic (exact) mass is 776 g/mol. The molecule has 7 aromatic carbocycles. The van der Waals surface area contributed by atoms with Crippen molar-refractivity contribution in [3.63, 3.8) is 0 Å². The molecule has 290 valence electrons. The van der Waals surface area contributed by atoms with Crippen LogP contribution in [0.3, 0.4) is 0 Å². The Hall–Kier alpha value is -7.36. The Labute approximate surface area is 350 Å². The van der Waals surface area contributed by atoms with Crippen LogP contribution in [-0.4, -0.2) is 24.1 Å². The standard InChI is InChI=1S/C54H44N6/c1-30-21-32(3)52(33(4)22-30)38-17-19-43-41-13-9-11-15-46(41)59(48(43)25-38)50-27-40(29-55)45(54-57-36(7)56-37(8)58-54)28-51(50)60-47-16-12-10-14-42(47)44-20-18-39(26-49(44)60)53-34(5)23-31(2)24-35(53)6/h9-28H,1-8H3. The normalized spacial score (nSPS) is 11.7. The summed E-state index contributed by atoms with van der Waals surface area (Å²) in [4.78, 5) is 14.1. The second-order valence-electron chi connectivity index (χ2n) is 16.5. The number of para-hydroxylation sites is 2. The molecule has 0 aliphatic carbocycles. The van der Waals surface area contributed by atoms with E-state index in [4.69, 9.17) is 9.97 Å². The zero-order chi connectivity index (χ0) is 41.6. The average molecular weight is 777 g/mol. The zero-order valence-corrected chi connectivity index (χ0v) is 35.2. The fourth-order valence-corrected chi connectivity index (χ4v) is 9.99. The van der Waals surface area contributed by atoms with E-state index in [0.29, 0.717) is 28.6 Å². The quantitative estimate of drug-likeness (QED) is 0.174. The van der Waals surface area contributed by atoms with Crippen molar-refractivity contribution in [1.82, 2.24) is 24.1 Å². The van der Waals surface area contributed by atoms with Gasteiger partial charge in [0.2, 0.25) is 0 Å². The lowest BCUT2D eigenvalue weighted by atomic mass is 9.93. The maximum atomic E-state index is 11.0. The van der Waals surface area contributed by atoms with Crippen molar-refractivity contribution in [3.05, 3.63) is 172 Å². The van der Waals surface area contributed by atoms with Gasteiger partial charge >= 0.3 is 0 Å². The summed E-state index contributed by atoms with van der Waals surface area (Å²) in [6.45, 7) is 16.9. The molecule has 0 aliphatic rings. The number of rotatable bonds is 5. The maximum absolute atomic E-state index is 11.0. The SMILES string of the molecule is Cc1cc(C)c(-c2ccc3c4ccccc4n(-c4cc(C#N)c(-c5nc(C)nc(C)n5)cc4-n4c5ccccc5c5ccc(-c6c(C)cc(C)cc6C)cc54)c3c2)c(C)c1. The first-order chi connectivity index (χ1) is 29.0. The Morgan fingerprint density at radius 2 is 0.850 bits per heavy atom. The summed E-state index contributed by atoms with van der Waals surface area (Å²) >= 11 is 0. The first-order valence-electron chi connectivity index (χ1n) is 20.5. The highest BCUT2D eigenvalue weighted by molar-refractivity contribution is 6.13. The van der Waals surface area contributed by atoms with Crippen LogP contribution in [0.25, 0.3) is 88.6 Å².